The van der Waals surface area contributed by atoms with Gasteiger partial charge in [-0.05, 0) is 38.2 Å². The summed E-state index contributed by atoms with van der Waals surface area (Å²) in [6.45, 7) is 3.62. The first-order chi connectivity index (χ1) is 15.6. The average molecular weight is 497 g/mol. The van der Waals surface area contributed by atoms with Crippen LogP contribution in [-0.2, 0) is 20.6 Å². The van der Waals surface area contributed by atoms with E-state index in [-0.39, 0.29) is 17.1 Å². The first-order valence-corrected chi connectivity index (χ1v) is 10.1. The number of halogens is 6. The molecule has 0 aromatic heterocycles. The molecule has 3 aliphatic heterocycles. The Bertz CT molecular complexity index is 1010. The molecule has 0 aliphatic carbocycles. The third kappa shape index (κ3) is 4.29. The molecule has 1 aromatic rings. The minimum atomic E-state index is -5.34. The molecule has 4 rings (SSSR count). The van der Waals surface area contributed by atoms with Gasteiger partial charge in [0.1, 0.15) is 18.4 Å². The van der Waals surface area contributed by atoms with Crippen molar-refractivity contribution in [1.82, 2.24) is 15.5 Å². The van der Waals surface area contributed by atoms with Crippen molar-refractivity contribution in [3.8, 4) is 5.75 Å². The Balaban J connectivity index is 1.73. The van der Waals surface area contributed by atoms with Gasteiger partial charge in [0.05, 0.1) is 16.8 Å². The normalized spacial score (nSPS) is 24.9. The van der Waals surface area contributed by atoms with Gasteiger partial charge in [0.25, 0.3) is 5.91 Å². The number of hydrazine groups is 1. The van der Waals surface area contributed by atoms with E-state index in [0.717, 1.165) is 12.1 Å². The van der Waals surface area contributed by atoms with E-state index in [1.54, 1.807) is 6.92 Å². The van der Waals surface area contributed by atoms with Gasteiger partial charge < -0.3 is 24.7 Å². The topological polar surface area (TPSA) is 86.4 Å². The Morgan fingerprint density at radius 2 is 1.88 bits per heavy atom. The quantitative estimate of drug-likeness (QED) is 0.615. The Morgan fingerprint density at radius 3 is 2.44 bits per heavy atom. The number of alkyl halides is 6. The molecule has 188 valence electrons. The van der Waals surface area contributed by atoms with E-state index in [4.69, 9.17) is 4.74 Å². The maximum absolute atomic E-state index is 13.8. The minimum absolute atomic E-state index is 0.0263. The van der Waals surface area contributed by atoms with Gasteiger partial charge in [0, 0.05) is 18.8 Å². The number of hydrogen-bond acceptors (Lipinski definition) is 8. The Labute approximate surface area is 189 Å². The Kier molecular flexibility index (Phi) is 5.55. The highest BCUT2D eigenvalue weighted by Crippen LogP contribution is 2.46. The van der Waals surface area contributed by atoms with Crippen LogP contribution in [0.1, 0.15) is 19.4 Å². The first kappa shape index (κ1) is 24.2. The zero-order valence-corrected chi connectivity index (χ0v) is 18.2. The van der Waals surface area contributed by atoms with Crippen LogP contribution in [0.2, 0.25) is 0 Å². The molecule has 9 nitrogen and oxygen atoms in total. The van der Waals surface area contributed by atoms with Gasteiger partial charge in [-0.1, -0.05) is 0 Å². The number of carbonyl (C=O) groups excluding carboxylic acids is 2. The number of anilines is 2. The maximum Gasteiger partial charge on any atom is 0.492 e. The lowest BCUT2D eigenvalue weighted by molar-refractivity contribution is -0.265. The molecular weight excluding hydrogens is 476 g/mol. The molecule has 2 saturated heterocycles. The number of hydrogen-bond donors (Lipinski definition) is 2. The second kappa shape index (κ2) is 7.80. The molecule has 0 radical (unpaired) electrons. The molecular formula is C19H21F6N5O4. The van der Waals surface area contributed by atoms with Gasteiger partial charge in [-0.25, -0.2) is 4.79 Å². The van der Waals surface area contributed by atoms with Crippen molar-refractivity contribution >= 4 is 23.3 Å². The summed E-state index contributed by atoms with van der Waals surface area (Å²) in [6, 6.07) is 0.904. The van der Waals surface area contributed by atoms with Crippen molar-refractivity contribution in [2.45, 2.75) is 43.9 Å². The molecule has 15 heteroatoms. The van der Waals surface area contributed by atoms with Crippen LogP contribution in [0.25, 0.3) is 0 Å². The van der Waals surface area contributed by atoms with E-state index in [1.807, 2.05) is 17.4 Å². The predicted octanol–water partition coefficient (Wildman–Crippen LogP) is 2.10. The molecule has 3 aliphatic rings. The number of likely N-dealkylation sites (N-methyl/N-ethyl adjacent to an activating group) is 1. The largest absolute Gasteiger partial charge is 0.492 e. The smallest absolute Gasteiger partial charge is 0.488 e. The highest BCUT2D eigenvalue weighted by Gasteiger charge is 2.50. The molecule has 0 spiro atoms. The molecule has 3 heterocycles. The number of nitrogens with zero attached hydrogens (tertiary/aromatic N) is 3. The number of rotatable bonds is 3. The van der Waals surface area contributed by atoms with Crippen LogP contribution in [0, 0.1) is 0 Å². The lowest BCUT2D eigenvalue weighted by atomic mass is 9.92. The van der Waals surface area contributed by atoms with Crippen molar-refractivity contribution in [1.29, 1.82) is 0 Å². The van der Waals surface area contributed by atoms with Crippen LogP contribution in [0.5, 0.6) is 5.75 Å². The van der Waals surface area contributed by atoms with E-state index in [1.165, 1.54) is 11.8 Å². The van der Waals surface area contributed by atoms with Gasteiger partial charge >= 0.3 is 18.3 Å². The highest BCUT2D eigenvalue weighted by molar-refractivity contribution is 5.88. The Hall–Kier alpha value is -2.94. The van der Waals surface area contributed by atoms with E-state index in [2.05, 4.69) is 10.2 Å². The van der Waals surface area contributed by atoms with Gasteiger partial charge in [-0.3, -0.25) is 10.2 Å². The van der Waals surface area contributed by atoms with E-state index in [9.17, 15) is 35.9 Å². The molecule has 0 bridgehead atoms. The number of fused-ring (bicyclic) bond motifs is 3. The highest BCUT2D eigenvalue weighted by atomic mass is 19.4. The fourth-order valence-electron chi connectivity index (χ4n) is 4.45. The number of likely N-dealkylation sites (tertiary alicyclic amines) is 1. The van der Waals surface area contributed by atoms with Crippen LogP contribution in [-0.4, -0.2) is 72.6 Å². The summed E-state index contributed by atoms with van der Waals surface area (Å²) in [4.78, 5) is 31.2. The third-order valence-electron chi connectivity index (χ3n) is 5.77. The van der Waals surface area contributed by atoms with Crippen molar-refractivity contribution in [2.24, 2.45) is 0 Å². The number of amides is 1. The molecule has 34 heavy (non-hydrogen) atoms. The van der Waals surface area contributed by atoms with Crippen molar-refractivity contribution in [3.05, 3.63) is 17.7 Å². The molecule has 2 N–H and O–H groups in total. The summed E-state index contributed by atoms with van der Waals surface area (Å²) in [5, 5.41) is 3.20. The van der Waals surface area contributed by atoms with Crippen molar-refractivity contribution in [3.63, 3.8) is 0 Å². The third-order valence-corrected chi connectivity index (χ3v) is 5.77. The van der Waals surface area contributed by atoms with Crippen LogP contribution in [0.3, 0.4) is 0 Å². The lowest BCUT2D eigenvalue weighted by Gasteiger charge is -2.49. The molecule has 1 aromatic carbocycles. The Morgan fingerprint density at radius 1 is 1.24 bits per heavy atom. The standard InChI is InChI=1S/C19H21F6N5O4/c1-9-15(31)27-30(34-16(32)19(23,24)25)14-6-33-13-4-10(18(20,21)22)11(5-12(13)29(9)14)26-17(2)7-28(3)8-17/h4-5,9,14,26H,6-8H2,1-3H3,(H,27,31). The summed E-state index contributed by atoms with van der Waals surface area (Å²) in [5.74, 6) is -3.63. The fourth-order valence-corrected chi connectivity index (χ4v) is 4.45. The average Bonchev–Trinajstić information content (AvgIpc) is 2.68. The lowest BCUT2D eigenvalue weighted by Crippen LogP contribution is -2.70. The maximum atomic E-state index is 13.8. The zero-order valence-electron chi connectivity index (χ0n) is 18.2. The van der Waals surface area contributed by atoms with Crippen molar-refractivity contribution in [2.75, 3.05) is 37.0 Å². The van der Waals surface area contributed by atoms with Crippen LogP contribution in [0.4, 0.5) is 37.7 Å². The number of carbonyl (C=O) groups is 2. The predicted molar refractivity (Wildman–Crippen MR) is 104 cm³/mol. The van der Waals surface area contributed by atoms with Crippen molar-refractivity contribution < 1.29 is 45.5 Å². The van der Waals surface area contributed by atoms with Crippen LogP contribution >= 0.6 is 0 Å². The molecule has 2 unspecified atom stereocenters. The zero-order chi connectivity index (χ0) is 25.2. The molecule has 1 amide bonds. The molecule has 2 fully saturated rings. The first-order valence-electron chi connectivity index (χ1n) is 10.1. The summed E-state index contributed by atoms with van der Waals surface area (Å²) < 4.78 is 85.0. The molecule has 0 saturated carbocycles. The molecule has 2 atom stereocenters. The number of hydroxylamine groups is 1. The van der Waals surface area contributed by atoms with Gasteiger partial charge in [0.2, 0.25) is 0 Å². The summed E-state index contributed by atoms with van der Waals surface area (Å²) in [5.41, 5.74) is 0.144. The van der Waals surface area contributed by atoms with Crippen LogP contribution < -0.4 is 20.4 Å². The van der Waals surface area contributed by atoms with E-state index >= 15 is 0 Å². The van der Waals surface area contributed by atoms with E-state index in [0.29, 0.717) is 18.3 Å². The SMILES string of the molecule is CC1C(=O)NN(OC(=O)C(F)(F)F)C2COc3cc(C(F)(F)F)c(NC4(C)CN(C)C4)cc3N12. The second-order valence-corrected chi connectivity index (χ2v) is 8.77. The number of benzene rings is 1. The summed E-state index contributed by atoms with van der Waals surface area (Å²) in [7, 11) is 1.81. The minimum Gasteiger partial charge on any atom is -0.488 e. The van der Waals surface area contributed by atoms with Gasteiger partial charge in [-0.2, -0.15) is 26.3 Å². The van der Waals surface area contributed by atoms with Gasteiger partial charge in [-0.15, -0.1) is 0 Å². The van der Waals surface area contributed by atoms with Crippen LogP contribution in [0.15, 0.2) is 12.1 Å². The monoisotopic (exact) mass is 497 g/mol. The van der Waals surface area contributed by atoms with E-state index < -0.39 is 54.1 Å². The summed E-state index contributed by atoms with van der Waals surface area (Å²) >= 11 is 0. The number of ether oxygens (including phenoxy) is 1. The second-order valence-electron chi connectivity index (χ2n) is 8.77. The summed E-state index contributed by atoms with van der Waals surface area (Å²) in [6.07, 6.45) is -11.3. The fraction of sp³-hybridized carbons (Fsp3) is 0.579. The van der Waals surface area contributed by atoms with Gasteiger partial charge in [0.15, 0.2) is 6.17 Å². The number of nitrogens with one attached hydrogen (secondary N) is 2.